The summed E-state index contributed by atoms with van der Waals surface area (Å²) in [5.74, 6) is 0.775. The summed E-state index contributed by atoms with van der Waals surface area (Å²) in [4.78, 5) is 24.7. The van der Waals surface area contributed by atoms with E-state index in [1.807, 2.05) is 60.2 Å². The highest BCUT2D eigenvalue weighted by Gasteiger charge is 2.20. The zero-order valence-electron chi connectivity index (χ0n) is 19.2. The van der Waals surface area contributed by atoms with Gasteiger partial charge in [-0.2, -0.15) is 0 Å². The van der Waals surface area contributed by atoms with Crippen LogP contribution in [-0.4, -0.2) is 36.3 Å². The standard InChI is InChI=1S/C26H31N3O4/c1-3-27-25(30)17-29-16-19(14-18-8-4-7-11-24(18)32-2)22-15-20(12-13-23(22)29)28-26(31)33-21-9-5-6-10-21/h4,7-8,11-13,15-16,21H,3,5-6,9-10,14,17H2,1-2H3,(H,27,30)(H,28,31). The van der Waals surface area contributed by atoms with Crippen molar-refractivity contribution in [2.45, 2.75) is 51.7 Å². The Kier molecular flexibility index (Phi) is 7.17. The lowest BCUT2D eigenvalue weighted by atomic mass is 10.0. The van der Waals surface area contributed by atoms with E-state index >= 15 is 0 Å². The summed E-state index contributed by atoms with van der Waals surface area (Å²) < 4.78 is 13.0. The van der Waals surface area contributed by atoms with Crippen LogP contribution in [0.3, 0.4) is 0 Å². The third kappa shape index (κ3) is 5.48. The minimum absolute atomic E-state index is 0.00741. The maximum Gasteiger partial charge on any atom is 0.411 e. The molecule has 4 rings (SSSR count). The predicted molar refractivity (Wildman–Crippen MR) is 129 cm³/mol. The number of nitrogens with one attached hydrogen (secondary N) is 2. The molecule has 0 aliphatic heterocycles. The Labute approximate surface area is 194 Å². The second kappa shape index (κ2) is 10.4. The maximum absolute atomic E-state index is 12.4. The van der Waals surface area contributed by atoms with Crippen molar-refractivity contribution in [2.24, 2.45) is 0 Å². The van der Waals surface area contributed by atoms with Crippen LogP contribution in [-0.2, 0) is 22.5 Å². The van der Waals surface area contributed by atoms with E-state index in [9.17, 15) is 9.59 Å². The first-order valence-electron chi connectivity index (χ1n) is 11.6. The number of likely N-dealkylation sites (N-methyl/N-ethyl adjacent to an activating group) is 1. The number of carbonyl (C=O) groups excluding carboxylic acids is 2. The Morgan fingerprint density at radius 3 is 2.64 bits per heavy atom. The SMILES string of the molecule is CCNC(=O)Cn1cc(Cc2ccccc2OC)c2cc(NC(=O)OC3CCCC3)ccc21. The highest BCUT2D eigenvalue weighted by atomic mass is 16.6. The number of fused-ring (bicyclic) bond motifs is 1. The normalized spacial score (nSPS) is 13.8. The topological polar surface area (TPSA) is 81.6 Å². The smallest absolute Gasteiger partial charge is 0.411 e. The molecule has 0 radical (unpaired) electrons. The first-order valence-corrected chi connectivity index (χ1v) is 11.6. The number of para-hydroxylation sites is 1. The largest absolute Gasteiger partial charge is 0.496 e. The van der Waals surface area contributed by atoms with Gasteiger partial charge in [0.25, 0.3) is 0 Å². The van der Waals surface area contributed by atoms with E-state index in [4.69, 9.17) is 9.47 Å². The minimum atomic E-state index is -0.422. The number of carbonyl (C=O) groups is 2. The van der Waals surface area contributed by atoms with Crippen molar-refractivity contribution in [3.63, 3.8) is 0 Å². The molecule has 7 heteroatoms. The highest BCUT2D eigenvalue weighted by Crippen LogP contribution is 2.30. The van der Waals surface area contributed by atoms with Gasteiger partial charge in [0.2, 0.25) is 5.91 Å². The van der Waals surface area contributed by atoms with Crippen LogP contribution in [0.4, 0.5) is 10.5 Å². The molecule has 1 aliphatic carbocycles. The lowest BCUT2D eigenvalue weighted by molar-refractivity contribution is -0.121. The first kappa shape index (κ1) is 22.7. The average molecular weight is 450 g/mol. The number of anilines is 1. The van der Waals surface area contributed by atoms with Gasteiger partial charge in [-0.25, -0.2) is 4.79 Å². The van der Waals surface area contributed by atoms with Gasteiger partial charge in [0.1, 0.15) is 18.4 Å². The number of hydrogen-bond acceptors (Lipinski definition) is 4. The minimum Gasteiger partial charge on any atom is -0.496 e. The second-order valence-corrected chi connectivity index (χ2v) is 8.39. The molecule has 0 saturated heterocycles. The van der Waals surface area contributed by atoms with Crippen molar-refractivity contribution in [2.75, 3.05) is 19.0 Å². The van der Waals surface area contributed by atoms with E-state index in [1.54, 1.807) is 7.11 Å². The van der Waals surface area contributed by atoms with E-state index in [1.165, 1.54) is 0 Å². The van der Waals surface area contributed by atoms with E-state index in [-0.39, 0.29) is 18.6 Å². The van der Waals surface area contributed by atoms with Gasteiger partial charge in [0, 0.05) is 35.8 Å². The summed E-state index contributed by atoms with van der Waals surface area (Å²) in [6, 6.07) is 13.6. The van der Waals surface area contributed by atoms with Crippen molar-refractivity contribution in [1.29, 1.82) is 0 Å². The Bertz CT molecular complexity index is 1130. The van der Waals surface area contributed by atoms with Crippen LogP contribution in [0.2, 0.25) is 0 Å². The Balaban J connectivity index is 1.63. The molecule has 2 aromatic carbocycles. The number of methoxy groups -OCH3 is 1. The lowest BCUT2D eigenvalue weighted by Crippen LogP contribution is -2.26. The monoisotopic (exact) mass is 449 g/mol. The van der Waals surface area contributed by atoms with E-state index < -0.39 is 6.09 Å². The van der Waals surface area contributed by atoms with Crippen molar-refractivity contribution in [3.8, 4) is 5.75 Å². The fourth-order valence-electron chi connectivity index (χ4n) is 4.49. The van der Waals surface area contributed by atoms with Crippen LogP contribution in [0.15, 0.2) is 48.7 Å². The van der Waals surface area contributed by atoms with Crippen LogP contribution in [0.1, 0.15) is 43.7 Å². The molecule has 2 amide bonds. The van der Waals surface area contributed by atoms with Gasteiger partial charge in [-0.1, -0.05) is 18.2 Å². The van der Waals surface area contributed by atoms with Gasteiger partial charge in [0.05, 0.1) is 7.11 Å². The summed E-state index contributed by atoms with van der Waals surface area (Å²) >= 11 is 0. The molecule has 0 unspecified atom stereocenters. The quantitative estimate of drug-likeness (QED) is 0.514. The summed E-state index contributed by atoms with van der Waals surface area (Å²) in [6.07, 6.45) is 6.30. The third-order valence-electron chi connectivity index (χ3n) is 6.05. The zero-order chi connectivity index (χ0) is 23.2. The number of rotatable bonds is 8. The first-order chi connectivity index (χ1) is 16.1. The molecule has 1 aliphatic rings. The van der Waals surface area contributed by atoms with Gasteiger partial charge in [-0.3, -0.25) is 10.1 Å². The number of aromatic nitrogens is 1. The number of hydrogen-bond donors (Lipinski definition) is 2. The highest BCUT2D eigenvalue weighted by molar-refractivity contribution is 5.93. The third-order valence-corrected chi connectivity index (χ3v) is 6.05. The van der Waals surface area contributed by atoms with E-state index in [2.05, 4.69) is 10.6 Å². The average Bonchev–Trinajstić information content (AvgIpc) is 3.42. The molecule has 174 valence electrons. The van der Waals surface area contributed by atoms with Crippen LogP contribution < -0.4 is 15.4 Å². The summed E-state index contributed by atoms with van der Waals surface area (Å²) in [6.45, 7) is 2.72. The lowest BCUT2D eigenvalue weighted by Gasteiger charge is -2.12. The second-order valence-electron chi connectivity index (χ2n) is 8.39. The molecule has 7 nitrogen and oxygen atoms in total. The van der Waals surface area contributed by atoms with Gasteiger partial charge in [-0.15, -0.1) is 0 Å². The summed E-state index contributed by atoms with van der Waals surface area (Å²) in [5, 5.41) is 6.70. The van der Waals surface area contributed by atoms with Crippen LogP contribution in [0.25, 0.3) is 10.9 Å². The number of nitrogens with zero attached hydrogens (tertiary/aromatic N) is 1. The molecule has 0 atom stereocenters. The van der Waals surface area contributed by atoms with Crippen molar-refractivity contribution in [1.82, 2.24) is 9.88 Å². The van der Waals surface area contributed by atoms with Gasteiger partial charge in [0.15, 0.2) is 0 Å². The van der Waals surface area contributed by atoms with Gasteiger partial charge in [-0.05, 0) is 68.0 Å². The van der Waals surface area contributed by atoms with Crippen molar-refractivity contribution >= 4 is 28.6 Å². The summed E-state index contributed by atoms with van der Waals surface area (Å²) in [7, 11) is 1.66. The molecule has 0 bridgehead atoms. The fourth-order valence-corrected chi connectivity index (χ4v) is 4.49. The Morgan fingerprint density at radius 2 is 1.88 bits per heavy atom. The Hall–Kier alpha value is -3.48. The Morgan fingerprint density at radius 1 is 1.09 bits per heavy atom. The molecule has 1 fully saturated rings. The predicted octanol–water partition coefficient (Wildman–Crippen LogP) is 4.87. The van der Waals surface area contributed by atoms with E-state index in [0.29, 0.717) is 18.7 Å². The van der Waals surface area contributed by atoms with Crippen molar-refractivity contribution in [3.05, 3.63) is 59.8 Å². The molecule has 1 aromatic heterocycles. The molecule has 1 heterocycles. The number of ether oxygens (including phenoxy) is 2. The zero-order valence-corrected chi connectivity index (χ0v) is 19.2. The maximum atomic E-state index is 12.4. The van der Waals surface area contributed by atoms with Crippen molar-refractivity contribution < 1.29 is 19.1 Å². The number of benzene rings is 2. The van der Waals surface area contributed by atoms with Gasteiger partial charge < -0.3 is 19.4 Å². The van der Waals surface area contributed by atoms with E-state index in [0.717, 1.165) is 53.5 Å². The number of amides is 2. The van der Waals surface area contributed by atoms with Gasteiger partial charge >= 0.3 is 6.09 Å². The molecule has 2 N–H and O–H groups in total. The molecule has 3 aromatic rings. The molecule has 1 saturated carbocycles. The molecule has 33 heavy (non-hydrogen) atoms. The van der Waals surface area contributed by atoms with Crippen LogP contribution >= 0.6 is 0 Å². The molecular weight excluding hydrogens is 418 g/mol. The fraction of sp³-hybridized carbons (Fsp3) is 0.385. The molecular formula is C26H31N3O4. The van der Waals surface area contributed by atoms with Crippen LogP contribution in [0, 0.1) is 0 Å². The molecule has 0 spiro atoms. The summed E-state index contributed by atoms with van der Waals surface area (Å²) in [5.41, 5.74) is 3.70. The van der Waals surface area contributed by atoms with Crippen LogP contribution in [0.5, 0.6) is 5.75 Å².